The minimum absolute atomic E-state index is 0.111. The molecule has 0 atom stereocenters. The first kappa shape index (κ1) is 12.3. The van der Waals surface area contributed by atoms with Gasteiger partial charge in [0.15, 0.2) is 6.29 Å². The van der Waals surface area contributed by atoms with Crippen LogP contribution in [0.2, 0.25) is 0 Å². The van der Waals surface area contributed by atoms with Gasteiger partial charge in [-0.3, -0.25) is 0 Å². The van der Waals surface area contributed by atoms with E-state index in [-0.39, 0.29) is 5.56 Å². The molecule has 0 N–H and O–H groups in total. The first-order valence-electron chi connectivity index (χ1n) is 5.04. The first-order valence-corrected chi connectivity index (χ1v) is 5.04. The van der Waals surface area contributed by atoms with Crippen LogP contribution in [0.15, 0.2) is 18.2 Å². The lowest BCUT2D eigenvalue weighted by atomic mass is 10.0. The molecule has 1 aromatic rings. The van der Waals surface area contributed by atoms with Crippen molar-refractivity contribution in [2.75, 3.05) is 13.2 Å². The molecular formula is C11H10F4O2. The van der Waals surface area contributed by atoms with Gasteiger partial charge in [-0.2, -0.15) is 13.2 Å². The second kappa shape index (κ2) is 4.62. The van der Waals surface area contributed by atoms with E-state index >= 15 is 0 Å². The molecule has 0 aromatic heterocycles. The van der Waals surface area contributed by atoms with Crippen molar-refractivity contribution < 1.29 is 27.0 Å². The van der Waals surface area contributed by atoms with Crippen LogP contribution in [-0.2, 0) is 15.9 Å². The lowest BCUT2D eigenvalue weighted by Crippen LogP contribution is -2.16. The summed E-state index contributed by atoms with van der Waals surface area (Å²) < 4.78 is 60.6. The molecule has 2 rings (SSSR count). The van der Waals surface area contributed by atoms with Gasteiger partial charge in [-0.25, -0.2) is 4.39 Å². The van der Waals surface area contributed by atoms with Crippen molar-refractivity contribution in [3.8, 4) is 0 Å². The summed E-state index contributed by atoms with van der Waals surface area (Å²) in [6.45, 7) is 0.597. The molecule has 0 radical (unpaired) electrons. The average Bonchev–Trinajstić information content (AvgIpc) is 2.72. The van der Waals surface area contributed by atoms with Gasteiger partial charge >= 0.3 is 6.18 Å². The largest absolute Gasteiger partial charge is 0.393 e. The van der Waals surface area contributed by atoms with E-state index in [4.69, 9.17) is 9.47 Å². The van der Waals surface area contributed by atoms with Crippen LogP contribution >= 0.6 is 0 Å². The third kappa shape index (κ3) is 2.95. The van der Waals surface area contributed by atoms with Gasteiger partial charge in [-0.15, -0.1) is 0 Å². The maximum absolute atomic E-state index is 13.4. The molecule has 1 aromatic carbocycles. The molecule has 0 bridgehead atoms. The van der Waals surface area contributed by atoms with Crippen LogP contribution in [-0.4, -0.2) is 19.4 Å². The van der Waals surface area contributed by atoms with Gasteiger partial charge in [0.1, 0.15) is 5.82 Å². The third-order valence-electron chi connectivity index (χ3n) is 2.41. The second-order valence-electron chi connectivity index (χ2n) is 3.67. The van der Waals surface area contributed by atoms with Crippen molar-refractivity contribution in [2.24, 2.45) is 0 Å². The Kier molecular flexibility index (Phi) is 3.35. The van der Waals surface area contributed by atoms with Crippen molar-refractivity contribution in [1.82, 2.24) is 0 Å². The predicted octanol–water partition coefficient (Wildman–Crippen LogP) is 2.98. The lowest BCUT2D eigenvalue weighted by Gasteiger charge is -2.16. The van der Waals surface area contributed by atoms with Gasteiger partial charge in [-0.1, -0.05) is 12.1 Å². The quantitative estimate of drug-likeness (QED) is 0.751. The summed E-state index contributed by atoms with van der Waals surface area (Å²) in [6, 6.07) is 3.73. The van der Waals surface area contributed by atoms with Crippen molar-refractivity contribution in [1.29, 1.82) is 0 Å². The van der Waals surface area contributed by atoms with Gasteiger partial charge in [0.2, 0.25) is 0 Å². The summed E-state index contributed by atoms with van der Waals surface area (Å²) >= 11 is 0. The third-order valence-corrected chi connectivity index (χ3v) is 2.41. The molecule has 0 unspecified atom stereocenters. The van der Waals surface area contributed by atoms with Crippen LogP contribution in [0.1, 0.15) is 17.4 Å². The molecule has 1 aliphatic heterocycles. The Hall–Kier alpha value is -1.14. The number of ether oxygens (including phenoxy) is 2. The molecule has 0 amide bonds. The Balaban J connectivity index is 2.33. The molecule has 2 nitrogen and oxygen atoms in total. The monoisotopic (exact) mass is 250 g/mol. The Bertz CT molecular complexity index is 397. The summed E-state index contributed by atoms with van der Waals surface area (Å²) in [4.78, 5) is 0. The number of benzene rings is 1. The summed E-state index contributed by atoms with van der Waals surface area (Å²) in [5.41, 5.74) is -0.299. The van der Waals surface area contributed by atoms with E-state index in [2.05, 4.69) is 0 Å². The van der Waals surface area contributed by atoms with Gasteiger partial charge < -0.3 is 9.47 Å². The molecule has 1 heterocycles. The Labute approximate surface area is 95.1 Å². The summed E-state index contributed by atoms with van der Waals surface area (Å²) in [6.07, 6.45) is -6.68. The molecule has 17 heavy (non-hydrogen) atoms. The number of alkyl halides is 3. The minimum atomic E-state index is -4.46. The van der Waals surface area contributed by atoms with Crippen LogP contribution in [0.4, 0.5) is 17.6 Å². The molecule has 0 aliphatic carbocycles. The zero-order valence-electron chi connectivity index (χ0n) is 8.76. The highest BCUT2D eigenvalue weighted by Crippen LogP contribution is 2.32. The molecule has 1 aliphatic rings. The summed E-state index contributed by atoms with van der Waals surface area (Å²) in [5, 5.41) is 0. The van der Waals surface area contributed by atoms with E-state index in [0.717, 1.165) is 6.07 Å². The SMILES string of the molecule is Fc1cccc(C2OCCO2)c1CC(F)(F)F. The summed E-state index contributed by atoms with van der Waals surface area (Å²) in [7, 11) is 0. The van der Waals surface area contributed by atoms with Gasteiger partial charge in [-0.05, 0) is 6.07 Å². The normalized spacial score (nSPS) is 17.6. The first-order chi connectivity index (χ1) is 7.97. The summed E-state index contributed by atoms with van der Waals surface area (Å²) in [5.74, 6) is -0.890. The van der Waals surface area contributed by atoms with Crippen molar-refractivity contribution in [2.45, 2.75) is 18.9 Å². The predicted molar refractivity (Wildman–Crippen MR) is 50.8 cm³/mol. The fourth-order valence-electron chi connectivity index (χ4n) is 1.72. The lowest BCUT2D eigenvalue weighted by molar-refractivity contribution is -0.128. The Morgan fingerprint density at radius 3 is 2.41 bits per heavy atom. The second-order valence-corrected chi connectivity index (χ2v) is 3.67. The van der Waals surface area contributed by atoms with Crippen molar-refractivity contribution >= 4 is 0 Å². The molecule has 1 saturated heterocycles. The maximum Gasteiger partial charge on any atom is 0.393 e. The van der Waals surface area contributed by atoms with Crippen molar-refractivity contribution in [3.63, 3.8) is 0 Å². The van der Waals surface area contributed by atoms with Crippen molar-refractivity contribution in [3.05, 3.63) is 35.1 Å². The van der Waals surface area contributed by atoms with E-state index in [1.54, 1.807) is 0 Å². The van der Waals surface area contributed by atoms with Gasteiger partial charge in [0.25, 0.3) is 0 Å². The topological polar surface area (TPSA) is 18.5 Å². The maximum atomic E-state index is 13.4. The Morgan fingerprint density at radius 1 is 1.18 bits per heavy atom. The van der Waals surface area contributed by atoms with E-state index in [9.17, 15) is 17.6 Å². The zero-order chi connectivity index (χ0) is 12.5. The van der Waals surface area contributed by atoms with E-state index < -0.39 is 30.3 Å². The average molecular weight is 250 g/mol. The molecule has 0 saturated carbocycles. The van der Waals surface area contributed by atoms with Crippen LogP contribution < -0.4 is 0 Å². The number of hydrogen-bond acceptors (Lipinski definition) is 2. The van der Waals surface area contributed by atoms with Crippen LogP contribution in [0, 0.1) is 5.82 Å². The van der Waals surface area contributed by atoms with Gasteiger partial charge in [0, 0.05) is 11.1 Å². The fraction of sp³-hybridized carbons (Fsp3) is 0.455. The molecule has 1 fully saturated rings. The highest BCUT2D eigenvalue weighted by Gasteiger charge is 2.33. The van der Waals surface area contributed by atoms with Gasteiger partial charge in [0.05, 0.1) is 19.6 Å². The minimum Gasteiger partial charge on any atom is -0.346 e. The smallest absolute Gasteiger partial charge is 0.346 e. The molecule has 94 valence electrons. The fourth-order valence-corrected chi connectivity index (χ4v) is 1.72. The molecular weight excluding hydrogens is 240 g/mol. The standard InChI is InChI=1S/C11H10F4O2/c12-9-3-1-2-7(10-16-4-5-17-10)8(9)6-11(13,14)15/h1-3,10H,4-6H2. The zero-order valence-corrected chi connectivity index (χ0v) is 8.76. The van der Waals surface area contributed by atoms with E-state index in [0.29, 0.717) is 13.2 Å². The molecule has 6 heteroatoms. The van der Waals surface area contributed by atoms with Crippen LogP contribution in [0.5, 0.6) is 0 Å². The number of halogens is 4. The molecule has 0 spiro atoms. The highest BCUT2D eigenvalue weighted by molar-refractivity contribution is 5.30. The highest BCUT2D eigenvalue weighted by atomic mass is 19.4. The number of hydrogen-bond donors (Lipinski definition) is 0. The van der Waals surface area contributed by atoms with E-state index in [1.165, 1.54) is 12.1 Å². The van der Waals surface area contributed by atoms with Crippen LogP contribution in [0.3, 0.4) is 0 Å². The van der Waals surface area contributed by atoms with E-state index in [1.807, 2.05) is 0 Å². The van der Waals surface area contributed by atoms with Crippen LogP contribution in [0.25, 0.3) is 0 Å². The number of rotatable bonds is 2. The Morgan fingerprint density at radius 2 is 1.82 bits per heavy atom.